The molecule has 0 saturated carbocycles. The van der Waals surface area contributed by atoms with Crippen LogP contribution < -0.4 is 0 Å². The molecule has 9 rings (SSSR count). The van der Waals surface area contributed by atoms with Gasteiger partial charge in [0.15, 0.2) is 17.5 Å². The Bertz CT molecular complexity index is 2600. The molecule has 0 radical (unpaired) electrons. The van der Waals surface area contributed by atoms with Crippen LogP contribution >= 0.6 is 0 Å². The van der Waals surface area contributed by atoms with Crippen molar-refractivity contribution in [2.24, 2.45) is 0 Å². The molecule has 4 nitrogen and oxygen atoms in total. The molecule has 52 heavy (non-hydrogen) atoms. The molecule has 0 amide bonds. The second-order valence-electron chi connectivity index (χ2n) is 12.7. The molecular formula is C48H32N4. The van der Waals surface area contributed by atoms with Crippen LogP contribution in [0, 0.1) is 0 Å². The molecule has 2 heterocycles. The number of hydrogen-bond donors (Lipinski definition) is 0. The van der Waals surface area contributed by atoms with Gasteiger partial charge < -0.3 is 0 Å². The van der Waals surface area contributed by atoms with Gasteiger partial charge in [-0.15, -0.1) is 0 Å². The molecule has 2 aromatic heterocycles. The smallest absolute Gasteiger partial charge is 0.164 e. The van der Waals surface area contributed by atoms with Crippen LogP contribution in [0.15, 0.2) is 194 Å². The third-order valence-corrected chi connectivity index (χ3v) is 9.35. The summed E-state index contributed by atoms with van der Waals surface area (Å²) in [5.74, 6) is 1.88. The molecule has 0 aliphatic carbocycles. The fourth-order valence-electron chi connectivity index (χ4n) is 6.73. The Kier molecular flexibility index (Phi) is 8.16. The van der Waals surface area contributed by atoms with Gasteiger partial charge in [0.25, 0.3) is 0 Å². The normalized spacial score (nSPS) is 11.1. The van der Waals surface area contributed by atoms with E-state index in [0.29, 0.717) is 17.5 Å². The maximum atomic E-state index is 5.11. The van der Waals surface area contributed by atoms with Crippen molar-refractivity contribution in [3.05, 3.63) is 194 Å². The van der Waals surface area contributed by atoms with Gasteiger partial charge in [-0.25, -0.2) is 15.0 Å². The minimum atomic E-state index is 0.613. The van der Waals surface area contributed by atoms with Crippen molar-refractivity contribution in [2.75, 3.05) is 0 Å². The van der Waals surface area contributed by atoms with Crippen LogP contribution in [0.5, 0.6) is 0 Å². The molecule has 0 unspecified atom stereocenters. The minimum Gasteiger partial charge on any atom is -0.256 e. The molecule has 0 bridgehead atoms. The van der Waals surface area contributed by atoms with Crippen molar-refractivity contribution < 1.29 is 0 Å². The molecule has 0 fully saturated rings. The Morgan fingerprint density at radius 1 is 0.269 bits per heavy atom. The van der Waals surface area contributed by atoms with Gasteiger partial charge in [0.1, 0.15) is 0 Å². The molecule has 244 valence electrons. The van der Waals surface area contributed by atoms with Gasteiger partial charge in [-0.1, -0.05) is 146 Å². The van der Waals surface area contributed by atoms with Gasteiger partial charge in [0.05, 0.1) is 5.52 Å². The van der Waals surface area contributed by atoms with Crippen LogP contribution in [0.4, 0.5) is 0 Å². The summed E-state index contributed by atoms with van der Waals surface area (Å²) in [6.07, 6.45) is 1.83. The van der Waals surface area contributed by atoms with Crippen molar-refractivity contribution >= 4 is 10.9 Å². The van der Waals surface area contributed by atoms with E-state index >= 15 is 0 Å². The maximum Gasteiger partial charge on any atom is 0.164 e. The average molecular weight is 665 g/mol. The number of fused-ring (bicyclic) bond motifs is 1. The molecule has 0 aliphatic heterocycles. The van der Waals surface area contributed by atoms with Crippen molar-refractivity contribution in [2.45, 2.75) is 0 Å². The van der Waals surface area contributed by atoms with Crippen molar-refractivity contribution in [1.82, 2.24) is 19.9 Å². The van der Waals surface area contributed by atoms with Crippen molar-refractivity contribution in [1.29, 1.82) is 0 Å². The third kappa shape index (κ3) is 6.26. The van der Waals surface area contributed by atoms with E-state index in [4.69, 9.17) is 15.0 Å². The highest BCUT2D eigenvalue weighted by atomic mass is 15.0. The number of benzene rings is 7. The lowest BCUT2D eigenvalue weighted by Crippen LogP contribution is -2.00. The van der Waals surface area contributed by atoms with Crippen molar-refractivity contribution in [3.63, 3.8) is 0 Å². The summed E-state index contributed by atoms with van der Waals surface area (Å²) in [6.45, 7) is 0. The quantitative estimate of drug-likeness (QED) is 0.170. The van der Waals surface area contributed by atoms with Crippen molar-refractivity contribution in [3.8, 4) is 78.7 Å². The Morgan fingerprint density at radius 2 is 0.731 bits per heavy atom. The average Bonchev–Trinajstić information content (AvgIpc) is 3.24. The topological polar surface area (TPSA) is 51.6 Å². The molecule has 0 N–H and O–H groups in total. The van der Waals surface area contributed by atoms with Gasteiger partial charge >= 0.3 is 0 Å². The first-order valence-corrected chi connectivity index (χ1v) is 17.4. The van der Waals surface area contributed by atoms with E-state index in [2.05, 4.69) is 126 Å². The van der Waals surface area contributed by atoms with Crippen LogP contribution in [-0.4, -0.2) is 19.9 Å². The number of rotatable bonds is 7. The maximum absolute atomic E-state index is 5.11. The number of hydrogen-bond acceptors (Lipinski definition) is 4. The molecular weight excluding hydrogens is 633 g/mol. The summed E-state index contributed by atoms with van der Waals surface area (Å²) >= 11 is 0. The van der Waals surface area contributed by atoms with Gasteiger partial charge in [-0.2, -0.15) is 0 Å². The summed E-state index contributed by atoms with van der Waals surface area (Å²) in [7, 11) is 0. The largest absolute Gasteiger partial charge is 0.256 e. The SMILES string of the molecule is c1ccc(-c2nc(-c3ccccc3)nc(-c3cc(-c4ccc(-c5ccccc5)c(-c5ccccc5)c4)cc(-c4ccc5ncccc5c4)c3)n2)cc1. The molecule has 7 aromatic carbocycles. The molecule has 0 spiro atoms. The molecule has 0 atom stereocenters. The highest BCUT2D eigenvalue weighted by Gasteiger charge is 2.16. The van der Waals surface area contributed by atoms with Crippen LogP contribution in [0.3, 0.4) is 0 Å². The fourth-order valence-corrected chi connectivity index (χ4v) is 6.73. The lowest BCUT2D eigenvalue weighted by Gasteiger charge is -2.15. The zero-order chi connectivity index (χ0) is 34.7. The number of aromatic nitrogens is 4. The molecule has 4 heteroatoms. The van der Waals surface area contributed by atoms with E-state index in [9.17, 15) is 0 Å². The standard InChI is InChI=1S/C48H32N4/c1-5-14-33(15-6-1)43-25-23-38(32-44(43)34-16-7-2-8-17-34)41-29-40(37-24-26-45-39(28-37)22-13-27-49-45)30-42(31-41)48-51-46(35-18-9-3-10-19-35)50-47(52-48)36-20-11-4-12-21-36/h1-32H. The summed E-state index contributed by atoms with van der Waals surface area (Å²) in [6, 6.07) is 65.4. The summed E-state index contributed by atoms with van der Waals surface area (Å²) in [4.78, 5) is 19.7. The zero-order valence-corrected chi connectivity index (χ0v) is 28.3. The Balaban J connectivity index is 1.27. The van der Waals surface area contributed by atoms with E-state index in [1.807, 2.05) is 72.9 Å². The van der Waals surface area contributed by atoms with Gasteiger partial charge in [0, 0.05) is 28.3 Å². The summed E-state index contributed by atoms with van der Waals surface area (Å²) in [5, 5.41) is 1.09. The highest BCUT2D eigenvalue weighted by Crippen LogP contribution is 2.39. The first kappa shape index (κ1) is 31.0. The molecule has 0 saturated heterocycles. The van der Waals surface area contributed by atoms with Gasteiger partial charge in [-0.3, -0.25) is 4.98 Å². The van der Waals surface area contributed by atoms with Crippen LogP contribution in [0.1, 0.15) is 0 Å². The molecule has 9 aromatic rings. The second-order valence-corrected chi connectivity index (χ2v) is 12.7. The predicted molar refractivity (Wildman–Crippen MR) is 213 cm³/mol. The number of nitrogens with zero attached hydrogens (tertiary/aromatic N) is 4. The highest BCUT2D eigenvalue weighted by molar-refractivity contribution is 5.90. The van der Waals surface area contributed by atoms with E-state index in [0.717, 1.165) is 49.8 Å². The van der Waals surface area contributed by atoms with Crippen LogP contribution in [0.2, 0.25) is 0 Å². The number of pyridine rings is 1. The van der Waals surface area contributed by atoms with E-state index in [1.54, 1.807) is 0 Å². The monoisotopic (exact) mass is 664 g/mol. The van der Waals surface area contributed by atoms with E-state index in [1.165, 1.54) is 22.3 Å². The Hall–Kier alpha value is -7.04. The Morgan fingerprint density at radius 3 is 1.31 bits per heavy atom. The minimum absolute atomic E-state index is 0.613. The fraction of sp³-hybridized carbons (Fsp3) is 0. The molecule has 0 aliphatic rings. The third-order valence-electron chi connectivity index (χ3n) is 9.35. The lowest BCUT2D eigenvalue weighted by molar-refractivity contribution is 1.07. The first-order valence-electron chi connectivity index (χ1n) is 17.4. The van der Waals surface area contributed by atoms with Gasteiger partial charge in [0.2, 0.25) is 0 Å². The summed E-state index contributed by atoms with van der Waals surface area (Å²) in [5.41, 5.74) is 12.8. The second kappa shape index (κ2) is 13.7. The summed E-state index contributed by atoms with van der Waals surface area (Å²) < 4.78 is 0. The van der Waals surface area contributed by atoms with E-state index in [-0.39, 0.29) is 0 Å². The predicted octanol–water partition coefficient (Wildman–Crippen LogP) is 12.1. The van der Waals surface area contributed by atoms with Gasteiger partial charge in [-0.05, 0) is 87.0 Å². The Labute approximate surface area is 302 Å². The lowest BCUT2D eigenvalue weighted by atomic mass is 9.89. The van der Waals surface area contributed by atoms with Crippen LogP contribution in [0.25, 0.3) is 89.6 Å². The first-order chi connectivity index (χ1) is 25.7. The zero-order valence-electron chi connectivity index (χ0n) is 28.3. The van der Waals surface area contributed by atoms with E-state index < -0.39 is 0 Å². The van der Waals surface area contributed by atoms with Crippen LogP contribution in [-0.2, 0) is 0 Å².